The minimum Gasteiger partial charge on any atom is -0.350 e. The average Bonchev–Trinajstić information content (AvgIpc) is 2.64. The van der Waals surface area contributed by atoms with E-state index in [0.29, 0.717) is 5.92 Å². The fraction of sp³-hybridized carbons (Fsp3) is 0.455. The summed E-state index contributed by atoms with van der Waals surface area (Å²) in [5, 5.41) is 6.18. The Balaban J connectivity index is 2.28. The fourth-order valence-corrected chi connectivity index (χ4v) is 2.86. The first-order chi connectivity index (χ1) is 7.66. The predicted molar refractivity (Wildman–Crippen MR) is 65.7 cm³/mol. The van der Waals surface area contributed by atoms with Crippen molar-refractivity contribution >= 4 is 23.1 Å². The first-order valence-electron chi connectivity index (χ1n) is 5.35. The van der Waals surface area contributed by atoms with Crippen molar-refractivity contribution in [2.75, 3.05) is 0 Å². The van der Waals surface area contributed by atoms with Crippen LogP contribution in [-0.2, 0) is 6.42 Å². The Hall–Kier alpha value is -1.36. The number of rotatable bonds is 1. The van der Waals surface area contributed by atoms with E-state index in [4.69, 9.17) is 5.73 Å². The molecule has 0 bridgehead atoms. The van der Waals surface area contributed by atoms with Gasteiger partial charge in [0.05, 0.1) is 5.71 Å². The lowest BCUT2D eigenvalue weighted by Gasteiger charge is -2.07. The molecule has 86 valence electrons. The molecule has 1 aromatic heterocycles. The normalized spacial score (nSPS) is 22.6. The van der Waals surface area contributed by atoms with Crippen molar-refractivity contribution in [2.24, 2.45) is 16.8 Å². The summed E-state index contributed by atoms with van der Waals surface area (Å²) in [6.07, 6.45) is 3.16. The molecule has 1 aromatic rings. The number of nitrogens with two attached hydrogens (primary N) is 1. The van der Waals surface area contributed by atoms with E-state index in [1.165, 1.54) is 16.9 Å². The first kappa shape index (κ1) is 11.1. The zero-order chi connectivity index (χ0) is 11.5. The lowest BCUT2D eigenvalue weighted by Crippen LogP contribution is -2.26. The summed E-state index contributed by atoms with van der Waals surface area (Å²) in [5.74, 6) is 0.591. The smallest absolute Gasteiger partial charge is 0.332 e. The molecule has 0 saturated carbocycles. The molecule has 0 spiro atoms. The van der Waals surface area contributed by atoms with Gasteiger partial charge in [0.25, 0.3) is 0 Å². The van der Waals surface area contributed by atoms with E-state index in [-0.39, 0.29) is 0 Å². The van der Waals surface area contributed by atoms with E-state index >= 15 is 0 Å². The third-order valence-electron chi connectivity index (χ3n) is 2.76. The van der Waals surface area contributed by atoms with Crippen LogP contribution in [0.3, 0.4) is 0 Å². The van der Waals surface area contributed by atoms with Crippen LogP contribution in [0.4, 0.5) is 4.79 Å². The van der Waals surface area contributed by atoms with Gasteiger partial charge in [-0.05, 0) is 36.6 Å². The lowest BCUT2D eigenvalue weighted by atomic mass is 10.0. The van der Waals surface area contributed by atoms with E-state index in [0.717, 1.165) is 18.6 Å². The van der Waals surface area contributed by atoms with Crippen molar-refractivity contribution < 1.29 is 4.79 Å². The number of nitrogens with one attached hydrogen (secondary N) is 1. The van der Waals surface area contributed by atoms with E-state index in [1.54, 1.807) is 11.3 Å². The highest BCUT2D eigenvalue weighted by Crippen LogP contribution is 2.28. The molecule has 5 heteroatoms. The number of aryl methyl sites for hydroxylation is 1. The summed E-state index contributed by atoms with van der Waals surface area (Å²) >= 11 is 1.75. The minimum atomic E-state index is -0.610. The van der Waals surface area contributed by atoms with Gasteiger partial charge in [0.15, 0.2) is 0 Å². The second kappa shape index (κ2) is 4.65. The van der Waals surface area contributed by atoms with Crippen molar-refractivity contribution in [3.63, 3.8) is 0 Å². The van der Waals surface area contributed by atoms with E-state index < -0.39 is 6.03 Å². The number of urea groups is 1. The Bertz CT molecular complexity index is 425. The Morgan fingerprint density at radius 2 is 2.50 bits per heavy atom. The SMILES string of the molecule is C[C@@H]1CCc2sccc2/C(=N/NC(N)=O)C1. The summed E-state index contributed by atoms with van der Waals surface area (Å²) in [7, 11) is 0. The zero-order valence-electron chi connectivity index (χ0n) is 9.19. The molecule has 0 aromatic carbocycles. The largest absolute Gasteiger partial charge is 0.350 e. The molecule has 0 radical (unpaired) electrons. The summed E-state index contributed by atoms with van der Waals surface area (Å²) in [6, 6.07) is 1.46. The number of nitrogens with zero attached hydrogens (tertiary/aromatic N) is 1. The Morgan fingerprint density at radius 3 is 3.25 bits per heavy atom. The van der Waals surface area contributed by atoms with Crippen LogP contribution in [-0.4, -0.2) is 11.7 Å². The van der Waals surface area contributed by atoms with Gasteiger partial charge in [0, 0.05) is 10.4 Å². The molecule has 0 unspecified atom stereocenters. The first-order valence-corrected chi connectivity index (χ1v) is 6.23. The molecule has 1 heterocycles. The number of hydrazone groups is 1. The summed E-state index contributed by atoms with van der Waals surface area (Å²) in [5.41, 5.74) is 9.46. The third kappa shape index (κ3) is 2.41. The van der Waals surface area contributed by atoms with E-state index in [1.807, 2.05) is 0 Å². The second-order valence-electron chi connectivity index (χ2n) is 4.14. The van der Waals surface area contributed by atoms with Gasteiger partial charge in [0.2, 0.25) is 0 Å². The monoisotopic (exact) mass is 237 g/mol. The summed E-state index contributed by atoms with van der Waals surface area (Å²) in [4.78, 5) is 12.0. The number of hydrogen-bond acceptors (Lipinski definition) is 3. The van der Waals surface area contributed by atoms with Crippen LogP contribution >= 0.6 is 11.3 Å². The molecule has 2 rings (SSSR count). The maximum Gasteiger partial charge on any atom is 0.332 e. The van der Waals surface area contributed by atoms with Gasteiger partial charge in [-0.2, -0.15) is 5.10 Å². The van der Waals surface area contributed by atoms with Crippen LogP contribution in [0.15, 0.2) is 16.5 Å². The highest BCUT2D eigenvalue weighted by Gasteiger charge is 2.19. The molecule has 1 atom stereocenters. The minimum absolute atomic E-state index is 0.591. The average molecular weight is 237 g/mol. The van der Waals surface area contributed by atoms with Gasteiger partial charge >= 0.3 is 6.03 Å². The molecule has 0 aliphatic heterocycles. The van der Waals surface area contributed by atoms with Crippen molar-refractivity contribution in [2.45, 2.75) is 26.2 Å². The quantitative estimate of drug-likeness (QED) is 0.570. The van der Waals surface area contributed by atoms with Crippen molar-refractivity contribution in [3.05, 3.63) is 21.9 Å². The van der Waals surface area contributed by atoms with Crippen LogP contribution in [0.5, 0.6) is 0 Å². The highest BCUT2D eigenvalue weighted by atomic mass is 32.1. The molecule has 1 aliphatic carbocycles. The van der Waals surface area contributed by atoms with E-state index in [2.05, 4.69) is 28.9 Å². The predicted octanol–water partition coefficient (Wildman–Crippen LogP) is 2.09. The maximum atomic E-state index is 10.7. The van der Waals surface area contributed by atoms with Crippen molar-refractivity contribution in [3.8, 4) is 0 Å². The van der Waals surface area contributed by atoms with Crippen LogP contribution in [0.2, 0.25) is 0 Å². The van der Waals surface area contributed by atoms with Crippen LogP contribution in [0, 0.1) is 5.92 Å². The summed E-state index contributed by atoms with van der Waals surface area (Å²) in [6.45, 7) is 2.20. The van der Waals surface area contributed by atoms with E-state index in [9.17, 15) is 4.79 Å². The Labute approximate surface area is 98.5 Å². The summed E-state index contributed by atoms with van der Waals surface area (Å²) < 4.78 is 0. The topological polar surface area (TPSA) is 67.5 Å². The molecule has 1 aliphatic rings. The van der Waals surface area contributed by atoms with Crippen molar-refractivity contribution in [1.29, 1.82) is 0 Å². The van der Waals surface area contributed by atoms with Crippen LogP contribution in [0.25, 0.3) is 0 Å². The van der Waals surface area contributed by atoms with Gasteiger partial charge < -0.3 is 5.73 Å². The van der Waals surface area contributed by atoms with Gasteiger partial charge in [-0.15, -0.1) is 11.3 Å². The highest BCUT2D eigenvalue weighted by molar-refractivity contribution is 7.10. The Kier molecular flexibility index (Phi) is 3.24. The molecule has 16 heavy (non-hydrogen) atoms. The second-order valence-corrected chi connectivity index (χ2v) is 5.14. The Morgan fingerprint density at radius 1 is 1.69 bits per heavy atom. The third-order valence-corrected chi connectivity index (χ3v) is 3.74. The molecule has 2 amide bonds. The zero-order valence-corrected chi connectivity index (χ0v) is 10.0. The maximum absolute atomic E-state index is 10.7. The number of primary amides is 1. The van der Waals surface area contributed by atoms with Gasteiger partial charge in [-0.25, -0.2) is 10.2 Å². The van der Waals surface area contributed by atoms with Gasteiger partial charge in [-0.1, -0.05) is 6.92 Å². The molecule has 4 nitrogen and oxygen atoms in total. The molecular formula is C11H15N3OS. The number of thiophene rings is 1. The molecular weight excluding hydrogens is 222 g/mol. The number of hydrogen-bond donors (Lipinski definition) is 2. The number of carbonyl (C=O) groups excluding carboxylic acids is 1. The van der Waals surface area contributed by atoms with Gasteiger partial charge in [-0.3, -0.25) is 0 Å². The molecule has 3 N–H and O–H groups in total. The lowest BCUT2D eigenvalue weighted by molar-refractivity contribution is 0.249. The van der Waals surface area contributed by atoms with Crippen molar-refractivity contribution in [1.82, 2.24) is 5.43 Å². The number of fused-ring (bicyclic) bond motifs is 1. The van der Waals surface area contributed by atoms with Crippen LogP contribution < -0.4 is 11.2 Å². The molecule has 0 saturated heterocycles. The molecule has 0 fully saturated rings. The van der Waals surface area contributed by atoms with Gasteiger partial charge in [0.1, 0.15) is 0 Å². The number of amides is 2. The number of carbonyl (C=O) groups is 1. The standard InChI is InChI=1S/C11H15N3OS/c1-7-2-3-10-8(4-5-16-10)9(6-7)13-14-11(12)15/h4-5,7H,2-3,6H2,1H3,(H3,12,14,15)/b13-9+/t7-/m1/s1. The van der Waals surface area contributed by atoms with Crippen LogP contribution in [0.1, 0.15) is 30.2 Å². The fourth-order valence-electron chi connectivity index (χ4n) is 1.94.